The molecule has 1 aromatic rings. The van der Waals surface area contributed by atoms with E-state index >= 15 is 0 Å². The van der Waals surface area contributed by atoms with E-state index in [0.717, 1.165) is 12.3 Å². The molecule has 1 N–H and O–H groups in total. The molecule has 0 unspecified atom stereocenters. The van der Waals surface area contributed by atoms with Gasteiger partial charge in [0.2, 0.25) is 5.82 Å². The van der Waals surface area contributed by atoms with Crippen molar-refractivity contribution in [1.82, 2.24) is 9.97 Å². The highest BCUT2D eigenvalue weighted by Gasteiger charge is 2.41. The van der Waals surface area contributed by atoms with Crippen molar-refractivity contribution in [1.29, 1.82) is 0 Å². The number of halogens is 7. The molecule has 0 spiro atoms. The van der Waals surface area contributed by atoms with Crippen LogP contribution in [-0.4, -0.2) is 46.0 Å². The van der Waals surface area contributed by atoms with Gasteiger partial charge in [-0.1, -0.05) is 0 Å². The van der Waals surface area contributed by atoms with E-state index in [2.05, 4.69) is 14.7 Å². The maximum Gasteiger partial charge on any atom is 0.490 e. The second-order valence-corrected chi connectivity index (χ2v) is 4.82. The number of rotatable bonds is 5. The Hall–Kier alpha value is -1.82. The Morgan fingerprint density at radius 1 is 1.38 bits per heavy atom. The Morgan fingerprint density at radius 2 is 1.96 bits per heavy atom. The van der Waals surface area contributed by atoms with Crippen molar-refractivity contribution in [2.45, 2.75) is 31.4 Å². The van der Waals surface area contributed by atoms with Gasteiger partial charge in [-0.25, -0.2) is 14.8 Å². The molecular formula is C11H10ClF6N3O3. The van der Waals surface area contributed by atoms with Gasteiger partial charge in [0.25, 0.3) is 0 Å². The molecule has 1 aromatic heterocycles. The van der Waals surface area contributed by atoms with Crippen molar-refractivity contribution in [3.63, 3.8) is 0 Å². The molecule has 0 radical (unpaired) electrons. The summed E-state index contributed by atoms with van der Waals surface area (Å²) in [7, 11) is 0. The Kier molecular flexibility index (Phi) is 6.22. The second-order valence-electron chi connectivity index (χ2n) is 4.45. The highest BCUT2D eigenvalue weighted by Crippen LogP contribution is 2.28. The number of hydrogen-bond acceptors (Lipinski definition) is 6. The van der Waals surface area contributed by atoms with Crippen molar-refractivity contribution in [2.24, 2.45) is 0 Å². The number of hydrogen-bond donors (Lipinski definition) is 1. The topological polar surface area (TPSA) is 75.6 Å². The molecule has 0 fully saturated rings. The lowest BCUT2D eigenvalue weighted by Gasteiger charge is -2.27. The molecule has 1 rings (SSSR count). The van der Waals surface area contributed by atoms with E-state index in [1.165, 1.54) is 6.92 Å². The standard InChI is InChI=1S/C11H10ClF6N3O3/c1-5(6(22)4-24-9(23)11(16,17)18)21(12)7-2-3-19-8(20-7)10(13,14)15/h2-3,5-6,22H,4H2,1H3/t5-,6+/m1/s1. The zero-order chi connectivity index (χ0) is 18.7. The predicted octanol–water partition coefficient (Wildman–Crippen LogP) is 2.31. The number of esters is 1. The van der Waals surface area contributed by atoms with Gasteiger partial charge in [0.1, 0.15) is 18.5 Å². The van der Waals surface area contributed by atoms with Crippen LogP contribution < -0.4 is 4.42 Å². The van der Waals surface area contributed by atoms with Crippen LogP contribution in [0.1, 0.15) is 12.7 Å². The van der Waals surface area contributed by atoms with Gasteiger partial charge in [0.15, 0.2) is 0 Å². The first-order valence-corrected chi connectivity index (χ1v) is 6.45. The fourth-order valence-corrected chi connectivity index (χ4v) is 1.57. The van der Waals surface area contributed by atoms with Crippen molar-refractivity contribution in [3.05, 3.63) is 18.1 Å². The number of ether oxygens (including phenoxy) is 1. The summed E-state index contributed by atoms with van der Waals surface area (Å²) in [4.78, 5) is 16.7. The van der Waals surface area contributed by atoms with Gasteiger partial charge in [-0.3, -0.25) is 4.42 Å². The van der Waals surface area contributed by atoms with E-state index in [1.54, 1.807) is 0 Å². The van der Waals surface area contributed by atoms with Gasteiger partial charge in [-0.05, 0) is 6.92 Å². The van der Waals surface area contributed by atoms with E-state index in [1.807, 2.05) is 0 Å². The van der Waals surface area contributed by atoms with E-state index in [0.29, 0.717) is 4.42 Å². The van der Waals surface area contributed by atoms with Crippen LogP contribution in [0.4, 0.5) is 32.2 Å². The number of aliphatic hydroxyl groups is 1. The third-order valence-corrected chi connectivity index (χ3v) is 3.13. The number of carbonyl (C=O) groups is 1. The van der Waals surface area contributed by atoms with Crippen LogP contribution in [0.25, 0.3) is 0 Å². The van der Waals surface area contributed by atoms with Crippen molar-refractivity contribution >= 4 is 23.6 Å². The lowest BCUT2D eigenvalue weighted by Crippen LogP contribution is -2.41. The summed E-state index contributed by atoms with van der Waals surface area (Å²) in [6.07, 6.45) is -11.0. The van der Waals surface area contributed by atoms with E-state index < -0.39 is 48.7 Å². The van der Waals surface area contributed by atoms with Crippen LogP contribution in [0.15, 0.2) is 12.3 Å². The molecule has 13 heteroatoms. The van der Waals surface area contributed by atoms with Gasteiger partial charge in [0, 0.05) is 24.0 Å². The molecule has 1 heterocycles. The summed E-state index contributed by atoms with van der Waals surface area (Å²) in [5, 5.41) is 9.66. The van der Waals surface area contributed by atoms with Crippen LogP contribution in [0.5, 0.6) is 0 Å². The fourth-order valence-electron chi connectivity index (χ4n) is 1.35. The minimum absolute atomic E-state index is 0.451. The van der Waals surface area contributed by atoms with Gasteiger partial charge < -0.3 is 9.84 Å². The van der Waals surface area contributed by atoms with Crippen LogP contribution >= 0.6 is 11.8 Å². The highest BCUT2D eigenvalue weighted by molar-refractivity contribution is 6.25. The average molecular weight is 382 g/mol. The summed E-state index contributed by atoms with van der Waals surface area (Å²) in [6.45, 7) is 0.106. The number of aliphatic hydroxyl groups excluding tert-OH is 1. The van der Waals surface area contributed by atoms with E-state index in [9.17, 15) is 36.2 Å². The number of aromatic nitrogens is 2. The molecule has 0 amide bonds. The number of anilines is 1. The number of carbonyl (C=O) groups excluding carboxylic acids is 1. The second kappa shape index (κ2) is 7.38. The third kappa shape index (κ3) is 5.37. The summed E-state index contributed by atoms with van der Waals surface area (Å²) in [6, 6.07) is -0.239. The van der Waals surface area contributed by atoms with Crippen molar-refractivity contribution < 1.29 is 41.0 Å². The molecule has 0 saturated heterocycles. The number of nitrogens with zero attached hydrogens (tertiary/aromatic N) is 3. The first kappa shape index (κ1) is 20.2. The monoisotopic (exact) mass is 381 g/mol. The summed E-state index contributed by atoms with van der Waals surface area (Å²) in [5.74, 6) is -4.46. The van der Waals surface area contributed by atoms with E-state index in [-0.39, 0.29) is 0 Å². The van der Waals surface area contributed by atoms with Gasteiger partial charge in [-0.15, -0.1) is 0 Å². The zero-order valence-corrected chi connectivity index (χ0v) is 12.5. The largest absolute Gasteiger partial charge is 0.490 e. The summed E-state index contributed by atoms with van der Waals surface area (Å²) in [5.41, 5.74) is 0. The van der Waals surface area contributed by atoms with Crippen molar-refractivity contribution in [2.75, 3.05) is 11.0 Å². The Bertz CT molecular complexity index is 583. The Labute approximate surface area is 136 Å². The molecule has 0 aliphatic heterocycles. The van der Waals surface area contributed by atoms with Crippen LogP contribution in [-0.2, 0) is 15.7 Å². The van der Waals surface area contributed by atoms with Gasteiger partial charge in [0.05, 0.1) is 6.04 Å². The Morgan fingerprint density at radius 3 is 2.46 bits per heavy atom. The normalized spacial score (nSPS) is 14.9. The summed E-state index contributed by atoms with van der Waals surface area (Å²) < 4.78 is 77.8. The quantitative estimate of drug-likeness (QED) is 0.479. The smallest absolute Gasteiger partial charge is 0.456 e. The first-order valence-electron chi connectivity index (χ1n) is 6.11. The molecule has 0 aliphatic rings. The lowest BCUT2D eigenvalue weighted by atomic mass is 10.2. The maximum absolute atomic E-state index is 12.5. The molecular weight excluding hydrogens is 372 g/mol. The fraction of sp³-hybridized carbons (Fsp3) is 0.545. The molecule has 2 atom stereocenters. The number of alkyl halides is 6. The third-order valence-electron chi connectivity index (χ3n) is 2.64. The zero-order valence-electron chi connectivity index (χ0n) is 11.8. The van der Waals surface area contributed by atoms with Crippen LogP contribution in [0, 0.1) is 0 Å². The average Bonchev–Trinajstić information content (AvgIpc) is 2.49. The van der Waals surface area contributed by atoms with Gasteiger partial charge in [-0.2, -0.15) is 26.3 Å². The Balaban J connectivity index is 2.77. The molecule has 0 aliphatic carbocycles. The highest BCUT2D eigenvalue weighted by atomic mass is 35.5. The molecule has 136 valence electrons. The molecule has 24 heavy (non-hydrogen) atoms. The minimum atomic E-state index is -5.24. The molecule has 0 saturated carbocycles. The minimum Gasteiger partial charge on any atom is -0.456 e. The summed E-state index contributed by atoms with van der Waals surface area (Å²) >= 11 is 5.73. The SMILES string of the molecule is C[C@H]([C@@H](O)COC(=O)C(F)(F)F)N(Cl)c1ccnc(C(F)(F)F)n1. The molecule has 0 bridgehead atoms. The van der Waals surface area contributed by atoms with Crippen LogP contribution in [0.3, 0.4) is 0 Å². The predicted molar refractivity (Wildman–Crippen MR) is 67.8 cm³/mol. The van der Waals surface area contributed by atoms with Crippen molar-refractivity contribution in [3.8, 4) is 0 Å². The molecule has 6 nitrogen and oxygen atoms in total. The first-order chi connectivity index (χ1) is 10.8. The van der Waals surface area contributed by atoms with Gasteiger partial charge >= 0.3 is 18.3 Å². The van der Waals surface area contributed by atoms with E-state index in [4.69, 9.17) is 11.8 Å². The lowest BCUT2D eigenvalue weighted by molar-refractivity contribution is -0.202. The molecule has 0 aromatic carbocycles. The van der Waals surface area contributed by atoms with Crippen LogP contribution in [0.2, 0.25) is 0 Å². The maximum atomic E-state index is 12.5.